The molecular formula is C40H80O4Si2. The molecular weight excluding hydrogens is 601 g/mol. The van der Waals surface area contributed by atoms with Gasteiger partial charge in [-0.2, -0.15) is 0 Å². The summed E-state index contributed by atoms with van der Waals surface area (Å²) in [7, 11) is -4.25. The summed E-state index contributed by atoms with van der Waals surface area (Å²) in [5.41, 5.74) is 2.91. The Balaban J connectivity index is 0.000000251. The summed E-state index contributed by atoms with van der Waals surface area (Å²) >= 11 is 0. The van der Waals surface area contributed by atoms with Crippen LogP contribution in [0.25, 0.3) is 0 Å². The summed E-state index contributed by atoms with van der Waals surface area (Å²) in [6.07, 6.45) is 21.1. The molecule has 4 saturated carbocycles. The molecule has 0 amide bonds. The monoisotopic (exact) mass is 681 g/mol. The van der Waals surface area contributed by atoms with Crippen molar-refractivity contribution >= 4 is 17.1 Å². The van der Waals surface area contributed by atoms with Gasteiger partial charge in [-0.15, -0.1) is 0 Å². The molecule has 0 heterocycles. The maximum Gasteiger partial charge on any atom is 0.344 e. The molecule has 0 radical (unpaired) electrons. The molecule has 9 unspecified atom stereocenters. The molecule has 0 aliphatic heterocycles. The molecule has 4 aliphatic carbocycles. The van der Waals surface area contributed by atoms with Crippen LogP contribution < -0.4 is 0 Å². The van der Waals surface area contributed by atoms with E-state index in [9.17, 15) is 0 Å². The van der Waals surface area contributed by atoms with Gasteiger partial charge in [-0.1, -0.05) is 88.0 Å². The minimum Gasteiger partial charge on any atom is -0.394 e. The molecule has 4 aliphatic rings. The predicted molar refractivity (Wildman–Crippen MR) is 202 cm³/mol. The molecule has 46 heavy (non-hydrogen) atoms. The van der Waals surface area contributed by atoms with Crippen LogP contribution >= 0.6 is 0 Å². The van der Waals surface area contributed by atoms with Crippen molar-refractivity contribution in [3.63, 3.8) is 0 Å². The van der Waals surface area contributed by atoms with E-state index in [0.29, 0.717) is 11.5 Å². The lowest BCUT2D eigenvalue weighted by atomic mass is 9.83. The Kier molecular flexibility index (Phi) is 17.9. The quantitative estimate of drug-likeness (QED) is 0.152. The van der Waals surface area contributed by atoms with Crippen LogP contribution in [0.1, 0.15) is 172 Å². The fourth-order valence-corrected chi connectivity index (χ4v) is 21.1. The van der Waals surface area contributed by atoms with Crippen LogP contribution in [0.4, 0.5) is 0 Å². The van der Waals surface area contributed by atoms with Crippen LogP contribution in [-0.2, 0) is 17.7 Å². The maximum absolute atomic E-state index is 6.92. The lowest BCUT2D eigenvalue weighted by molar-refractivity contribution is 0.114. The summed E-state index contributed by atoms with van der Waals surface area (Å²) in [5.74, 6) is 4.87. The summed E-state index contributed by atoms with van der Waals surface area (Å²) in [5, 5.41) is 0. The molecule has 9 atom stereocenters. The third kappa shape index (κ3) is 11.1. The van der Waals surface area contributed by atoms with Gasteiger partial charge in [0.25, 0.3) is 0 Å². The van der Waals surface area contributed by atoms with E-state index < -0.39 is 17.1 Å². The fourth-order valence-electron chi connectivity index (χ4n) is 10.3. The lowest BCUT2D eigenvalue weighted by Crippen LogP contribution is -2.53. The Morgan fingerprint density at radius 3 is 1.35 bits per heavy atom. The molecule has 0 aromatic rings. The van der Waals surface area contributed by atoms with Crippen LogP contribution in [0.2, 0.25) is 22.2 Å². The largest absolute Gasteiger partial charge is 0.394 e. The predicted octanol–water partition coefficient (Wildman–Crippen LogP) is 12.6. The molecule has 272 valence electrons. The van der Waals surface area contributed by atoms with E-state index in [0.717, 1.165) is 85.5 Å². The van der Waals surface area contributed by atoms with E-state index in [1.807, 2.05) is 0 Å². The first-order valence-corrected chi connectivity index (χ1v) is 24.5. The van der Waals surface area contributed by atoms with Crippen LogP contribution in [0.3, 0.4) is 0 Å². The number of rotatable bonds is 16. The molecule has 4 fully saturated rings. The van der Waals surface area contributed by atoms with E-state index in [1.165, 1.54) is 89.9 Å². The van der Waals surface area contributed by atoms with Gasteiger partial charge in [0.05, 0.1) is 0 Å². The lowest BCUT2D eigenvalue weighted by Gasteiger charge is -2.46. The van der Waals surface area contributed by atoms with Gasteiger partial charge in [-0.05, 0) is 119 Å². The Morgan fingerprint density at radius 1 is 0.500 bits per heavy atom. The molecule has 6 heteroatoms. The minimum absolute atomic E-state index is 0.655. The van der Waals surface area contributed by atoms with E-state index in [1.54, 1.807) is 0 Å². The van der Waals surface area contributed by atoms with Crippen molar-refractivity contribution < 1.29 is 17.7 Å². The van der Waals surface area contributed by atoms with E-state index in [4.69, 9.17) is 17.7 Å². The van der Waals surface area contributed by atoms with Crippen molar-refractivity contribution in [2.24, 2.45) is 35.5 Å². The van der Waals surface area contributed by atoms with Crippen molar-refractivity contribution in [2.75, 3.05) is 26.4 Å². The van der Waals surface area contributed by atoms with Gasteiger partial charge < -0.3 is 17.7 Å². The second-order valence-corrected chi connectivity index (χ2v) is 24.5. The highest BCUT2D eigenvalue weighted by Gasteiger charge is 2.56. The Labute approximate surface area is 290 Å². The van der Waals surface area contributed by atoms with Crippen LogP contribution in [0.15, 0.2) is 0 Å². The summed E-state index contributed by atoms with van der Waals surface area (Å²) < 4.78 is 27.1. The first-order valence-electron chi connectivity index (χ1n) is 20.6. The second kappa shape index (κ2) is 20.2. The molecule has 0 saturated heterocycles. The smallest absolute Gasteiger partial charge is 0.344 e. The zero-order chi connectivity index (χ0) is 33.7. The molecule has 0 spiro atoms. The molecule has 0 N–H and O–H groups in total. The maximum atomic E-state index is 6.92. The topological polar surface area (TPSA) is 36.9 Å². The van der Waals surface area contributed by atoms with Crippen molar-refractivity contribution in [1.82, 2.24) is 0 Å². The highest BCUT2D eigenvalue weighted by molar-refractivity contribution is 6.71. The first kappa shape index (κ1) is 40.7. The Bertz CT molecular complexity index is 803. The van der Waals surface area contributed by atoms with E-state index >= 15 is 0 Å². The summed E-state index contributed by atoms with van der Waals surface area (Å²) in [6.45, 7) is 27.0. The second-order valence-electron chi connectivity index (χ2n) is 17.2. The summed E-state index contributed by atoms with van der Waals surface area (Å²) in [6, 6.07) is 0. The molecule has 4 rings (SSSR count). The van der Waals surface area contributed by atoms with E-state index in [-0.39, 0.29) is 0 Å². The average molecular weight is 681 g/mol. The summed E-state index contributed by atoms with van der Waals surface area (Å²) in [4.78, 5) is 0. The molecule has 0 bridgehead atoms. The van der Waals surface area contributed by atoms with Crippen LogP contribution in [0, 0.1) is 35.5 Å². The number of hydrogen-bond acceptors (Lipinski definition) is 4. The zero-order valence-electron chi connectivity index (χ0n) is 32.5. The van der Waals surface area contributed by atoms with Crippen LogP contribution in [-0.4, -0.2) is 43.5 Å². The van der Waals surface area contributed by atoms with Gasteiger partial charge in [-0.25, -0.2) is 0 Å². The van der Waals surface area contributed by atoms with Crippen LogP contribution in [0.5, 0.6) is 0 Å². The van der Waals surface area contributed by atoms with Gasteiger partial charge in [0.15, 0.2) is 0 Å². The first-order chi connectivity index (χ1) is 22.0. The zero-order valence-corrected chi connectivity index (χ0v) is 34.5. The van der Waals surface area contributed by atoms with Crippen molar-refractivity contribution in [3.05, 3.63) is 0 Å². The third-order valence-electron chi connectivity index (χ3n) is 12.4. The van der Waals surface area contributed by atoms with Crippen molar-refractivity contribution in [2.45, 2.75) is 194 Å². The molecule has 4 nitrogen and oxygen atoms in total. The van der Waals surface area contributed by atoms with E-state index in [2.05, 4.69) is 69.2 Å². The molecule has 0 aromatic carbocycles. The fraction of sp³-hybridized carbons (Fsp3) is 1.00. The van der Waals surface area contributed by atoms with Crippen molar-refractivity contribution in [3.8, 4) is 0 Å². The van der Waals surface area contributed by atoms with Gasteiger partial charge in [0, 0.05) is 48.6 Å². The normalized spacial score (nSPS) is 35.6. The minimum atomic E-state index is -2.15. The van der Waals surface area contributed by atoms with Gasteiger partial charge in [0.1, 0.15) is 0 Å². The van der Waals surface area contributed by atoms with Gasteiger partial charge in [-0.3, -0.25) is 0 Å². The highest BCUT2D eigenvalue weighted by Crippen LogP contribution is 2.54. The van der Waals surface area contributed by atoms with Gasteiger partial charge in [0.2, 0.25) is 0 Å². The third-order valence-corrected chi connectivity index (χ3v) is 21.7. The number of hydrogen-bond donors (Lipinski definition) is 0. The van der Waals surface area contributed by atoms with Gasteiger partial charge >= 0.3 is 17.1 Å². The Morgan fingerprint density at radius 2 is 0.957 bits per heavy atom. The Hall–Kier alpha value is 0.274. The van der Waals surface area contributed by atoms with Crippen molar-refractivity contribution in [1.29, 1.82) is 0 Å². The molecule has 0 aromatic heterocycles. The highest BCUT2D eigenvalue weighted by atomic mass is 28.4. The standard InChI is InChI=1S/C21H42O2Si.C19H38O2Si/c1-6-12-22-24(20-10-8-9-11-20,23-16-17(3)7-2)21-14-18(4)13-19(5)15-21;1-6-10-21-22(20-7-2,18-9-8-15(3)12-18)19-13-16(4)11-17(5)14-19/h17-21H,6-16H2,1-5H3;15-19H,6-14H2,1-5H3. The average Bonchev–Trinajstić information content (AvgIpc) is 3.72. The SMILES string of the molecule is CCCO[Si](OCC(C)CC)(C1CCCC1)C1CC(C)CC(C)C1.CCCO[Si](OCC)(C1CCC(C)C1)C1CC(C)CC(C)C1.